The first-order valence-corrected chi connectivity index (χ1v) is 6.64. The summed E-state index contributed by atoms with van der Waals surface area (Å²) in [5, 5.41) is 8.60. The summed E-state index contributed by atoms with van der Waals surface area (Å²) < 4.78 is 6.58. The zero-order chi connectivity index (χ0) is 14.5. The van der Waals surface area contributed by atoms with E-state index in [4.69, 9.17) is 9.84 Å². The molecule has 1 aromatic heterocycles. The van der Waals surface area contributed by atoms with Crippen LogP contribution in [-0.2, 0) is 4.79 Å². The lowest BCUT2D eigenvalue weighted by Gasteiger charge is -2.09. The number of aryl methyl sites for hydroxylation is 1. The third kappa shape index (κ3) is 3.93. The van der Waals surface area contributed by atoms with Gasteiger partial charge in [0.15, 0.2) is 0 Å². The number of ether oxygens (including phenoxy) is 1. The quantitative estimate of drug-likeness (QED) is 0.857. The van der Waals surface area contributed by atoms with Gasteiger partial charge in [-0.3, -0.25) is 4.98 Å². The van der Waals surface area contributed by atoms with Crippen molar-refractivity contribution in [2.45, 2.75) is 6.92 Å². The van der Waals surface area contributed by atoms with Crippen LogP contribution < -0.4 is 4.74 Å². The topological polar surface area (TPSA) is 59.4 Å². The first-order chi connectivity index (χ1) is 9.54. The number of nitrogens with zero attached hydrogens (tertiary/aromatic N) is 1. The summed E-state index contributed by atoms with van der Waals surface area (Å²) in [6.45, 7) is 1.90. The number of pyridine rings is 1. The zero-order valence-electron chi connectivity index (χ0n) is 10.7. The fourth-order valence-electron chi connectivity index (χ4n) is 1.63. The molecule has 1 N–H and O–H groups in total. The monoisotopic (exact) mass is 333 g/mol. The van der Waals surface area contributed by atoms with Crippen LogP contribution in [0.1, 0.15) is 11.1 Å². The number of aliphatic carboxylic acids is 1. The van der Waals surface area contributed by atoms with Crippen molar-refractivity contribution >= 4 is 28.0 Å². The third-order valence-corrected chi connectivity index (χ3v) is 2.96. The van der Waals surface area contributed by atoms with Gasteiger partial charge in [0.2, 0.25) is 0 Å². The van der Waals surface area contributed by atoms with E-state index in [0.717, 1.165) is 21.7 Å². The number of carbonyl (C=O) groups is 1. The van der Waals surface area contributed by atoms with E-state index >= 15 is 0 Å². The molecule has 1 heterocycles. The van der Waals surface area contributed by atoms with Crippen molar-refractivity contribution in [3.05, 3.63) is 58.3 Å². The highest BCUT2D eigenvalue weighted by Gasteiger charge is 2.03. The molecule has 0 aliphatic heterocycles. The molecule has 0 atom stereocenters. The number of hydrogen-bond donors (Lipinski definition) is 1. The van der Waals surface area contributed by atoms with Gasteiger partial charge in [0.25, 0.3) is 0 Å². The summed E-state index contributed by atoms with van der Waals surface area (Å²) in [6, 6.07) is 7.29. The van der Waals surface area contributed by atoms with Gasteiger partial charge in [0, 0.05) is 16.7 Å². The molecule has 20 heavy (non-hydrogen) atoms. The van der Waals surface area contributed by atoms with Gasteiger partial charge in [-0.1, -0.05) is 6.07 Å². The van der Waals surface area contributed by atoms with Crippen LogP contribution >= 0.6 is 15.9 Å². The van der Waals surface area contributed by atoms with Gasteiger partial charge < -0.3 is 9.84 Å². The normalized spacial score (nSPS) is 10.7. The zero-order valence-corrected chi connectivity index (χ0v) is 12.3. The molecule has 0 bridgehead atoms. The minimum Gasteiger partial charge on any atom is -0.478 e. The Labute approximate surface area is 124 Å². The smallest absolute Gasteiger partial charge is 0.328 e. The fourth-order valence-corrected chi connectivity index (χ4v) is 1.98. The third-order valence-electron chi connectivity index (χ3n) is 2.52. The highest BCUT2D eigenvalue weighted by Crippen LogP contribution is 2.27. The van der Waals surface area contributed by atoms with Crippen LogP contribution in [0.15, 0.2) is 47.2 Å². The predicted octanol–water partition coefficient (Wildman–Crippen LogP) is 4.04. The van der Waals surface area contributed by atoms with Crippen LogP contribution in [0.4, 0.5) is 0 Å². The Hall–Kier alpha value is -2.14. The van der Waals surface area contributed by atoms with Crippen molar-refractivity contribution in [1.29, 1.82) is 0 Å². The molecule has 0 unspecified atom stereocenters. The Balaban J connectivity index is 2.20. The molecule has 5 heteroatoms. The lowest BCUT2D eigenvalue weighted by atomic mass is 10.1. The second-order valence-corrected chi connectivity index (χ2v) is 5.05. The minimum absolute atomic E-state index is 0.635. The van der Waals surface area contributed by atoms with E-state index < -0.39 is 5.97 Å². The van der Waals surface area contributed by atoms with Crippen molar-refractivity contribution in [3.63, 3.8) is 0 Å². The fraction of sp³-hybridized carbons (Fsp3) is 0.0667. The predicted molar refractivity (Wildman–Crippen MR) is 79.9 cm³/mol. The summed E-state index contributed by atoms with van der Waals surface area (Å²) in [4.78, 5) is 14.5. The maximum absolute atomic E-state index is 10.5. The van der Waals surface area contributed by atoms with Crippen LogP contribution in [0, 0.1) is 6.92 Å². The van der Waals surface area contributed by atoms with E-state index in [1.54, 1.807) is 30.6 Å². The van der Waals surface area contributed by atoms with Crippen molar-refractivity contribution in [3.8, 4) is 11.5 Å². The molecule has 4 nitrogen and oxygen atoms in total. The average Bonchev–Trinajstić information content (AvgIpc) is 2.39. The molecule has 2 rings (SSSR count). The van der Waals surface area contributed by atoms with Gasteiger partial charge in [-0.25, -0.2) is 4.79 Å². The number of carboxylic acids is 1. The maximum Gasteiger partial charge on any atom is 0.328 e. The van der Waals surface area contributed by atoms with E-state index in [2.05, 4.69) is 20.9 Å². The number of benzene rings is 1. The van der Waals surface area contributed by atoms with Crippen molar-refractivity contribution in [1.82, 2.24) is 4.98 Å². The highest BCUT2D eigenvalue weighted by molar-refractivity contribution is 9.10. The van der Waals surface area contributed by atoms with E-state index in [-0.39, 0.29) is 0 Å². The van der Waals surface area contributed by atoms with Gasteiger partial charge >= 0.3 is 5.97 Å². The largest absolute Gasteiger partial charge is 0.478 e. The summed E-state index contributed by atoms with van der Waals surface area (Å²) in [5.41, 5.74) is 1.72. The van der Waals surface area contributed by atoms with Crippen LogP contribution in [0.3, 0.4) is 0 Å². The number of aromatic nitrogens is 1. The van der Waals surface area contributed by atoms with Crippen molar-refractivity contribution in [2.24, 2.45) is 0 Å². The van der Waals surface area contributed by atoms with Crippen LogP contribution in [0.25, 0.3) is 6.08 Å². The molecular weight excluding hydrogens is 322 g/mol. The first kappa shape index (κ1) is 14.3. The number of hydrogen-bond acceptors (Lipinski definition) is 3. The molecular formula is C15H12BrNO3. The second kappa shape index (κ2) is 6.34. The van der Waals surface area contributed by atoms with Gasteiger partial charge in [-0.15, -0.1) is 0 Å². The molecule has 0 radical (unpaired) electrons. The van der Waals surface area contributed by atoms with Gasteiger partial charge in [0.05, 0.1) is 6.20 Å². The lowest BCUT2D eigenvalue weighted by Crippen LogP contribution is -1.90. The van der Waals surface area contributed by atoms with E-state index in [1.165, 1.54) is 0 Å². The molecule has 1 aromatic carbocycles. The number of carboxylic acid groups (broad SMARTS) is 1. The summed E-state index contributed by atoms with van der Waals surface area (Å²) in [5.74, 6) is 0.372. The van der Waals surface area contributed by atoms with Crippen molar-refractivity contribution < 1.29 is 14.6 Å². The molecule has 0 aliphatic rings. The maximum atomic E-state index is 10.5. The highest BCUT2D eigenvalue weighted by atomic mass is 79.9. The Morgan fingerprint density at radius 1 is 1.35 bits per heavy atom. The lowest BCUT2D eigenvalue weighted by molar-refractivity contribution is -0.131. The van der Waals surface area contributed by atoms with Gasteiger partial charge in [0.1, 0.15) is 11.5 Å². The summed E-state index contributed by atoms with van der Waals surface area (Å²) in [7, 11) is 0. The standard InChI is InChI=1S/C15H12BrNO3/c1-10-6-11(3-5-15(18)19)2-4-14(10)20-13-7-12(16)8-17-9-13/h2-9H,1H3,(H,18,19). The Morgan fingerprint density at radius 3 is 2.80 bits per heavy atom. The molecule has 0 spiro atoms. The molecule has 102 valence electrons. The Morgan fingerprint density at radius 2 is 2.15 bits per heavy atom. The van der Waals surface area contributed by atoms with Crippen LogP contribution in [0.5, 0.6) is 11.5 Å². The number of rotatable bonds is 4. The molecule has 0 aliphatic carbocycles. The van der Waals surface area contributed by atoms with E-state index in [9.17, 15) is 4.79 Å². The summed E-state index contributed by atoms with van der Waals surface area (Å²) >= 11 is 3.33. The average molecular weight is 334 g/mol. The minimum atomic E-state index is -0.969. The van der Waals surface area contributed by atoms with Gasteiger partial charge in [-0.05, 0) is 58.3 Å². The molecule has 2 aromatic rings. The SMILES string of the molecule is Cc1cc(C=CC(=O)O)ccc1Oc1cncc(Br)c1. The second-order valence-electron chi connectivity index (χ2n) is 4.14. The van der Waals surface area contributed by atoms with Crippen LogP contribution in [0.2, 0.25) is 0 Å². The first-order valence-electron chi connectivity index (χ1n) is 5.84. The van der Waals surface area contributed by atoms with Crippen LogP contribution in [-0.4, -0.2) is 16.1 Å². The van der Waals surface area contributed by atoms with Gasteiger partial charge in [-0.2, -0.15) is 0 Å². The molecule has 0 amide bonds. The molecule has 0 fully saturated rings. The number of halogens is 1. The summed E-state index contributed by atoms with van der Waals surface area (Å²) in [6.07, 6.45) is 5.95. The molecule has 0 saturated carbocycles. The van der Waals surface area contributed by atoms with Crippen molar-refractivity contribution in [2.75, 3.05) is 0 Å². The van der Waals surface area contributed by atoms with E-state index in [0.29, 0.717) is 11.5 Å². The van der Waals surface area contributed by atoms with E-state index in [1.807, 2.05) is 19.1 Å². The molecule has 0 saturated heterocycles. The Kier molecular flexibility index (Phi) is 4.53. The Bertz CT molecular complexity index is 668.